The van der Waals surface area contributed by atoms with Gasteiger partial charge in [-0.25, -0.2) is 0 Å². The van der Waals surface area contributed by atoms with Crippen LogP contribution < -0.4 is 14.8 Å². The van der Waals surface area contributed by atoms with E-state index in [2.05, 4.69) is 5.32 Å². The van der Waals surface area contributed by atoms with Gasteiger partial charge in [-0.1, -0.05) is 35.3 Å². The Labute approximate surface area is 219 Å². The second-order valence-electron chi connectivity index (χ2n) is 9.13. The fraction of sp³-hybridized carbons (Fsp3) is 0.286. The second-order valence-corrected chi connectivity index (χ2v) is 10.1. The Morgan fingerprint density at radius 3 is 2.42 bits per heavy atom. The van der Waals surface area contributed by atoms with Crippen LogP contribution in [0.1, 0.15) is 58.1 Å². The average Bonchev–Trinajstić information content (AvgIpc) is 3.70. The number of halogens is 2. The third-order valence-corrected chi connectivity index (χ3v) is 6.97. The van der Waals surface area contributed by atoms with Gasteiger partial charge in [-0.2, -0.15) is 0 Å². The number of alkyl halides is 1. The van der Waals surface area contributed by atoms with E-state index in [9.17, 15) is 14.7 Å². The molecule has 1 heterocycles. The summed E-state index contributed by atoms with van der Waals surface area (Å²) in [6.45, 7) is 0.357. The predicted octanol–water partition coefficient (Wildman–Crippen LogP) is 6.50. The minimum absolute atomic E-state index is 0.281. The van der Waals surface area contributed by atoms with Crippen LogP contribution in [0.2, 0.25) is 5.02 Å². The number of benzene rings is 3. The molecule has 1 fully saturated rings. The summed E-state index contributed by atoms with van der Waals surface area (Å²) >= 11 is 12.3. The molecule has 0 aromatic heterocycles. The first-order valence-electron chi connectivity index (χ1n) is 11.9. The monoisotopic (exact) mass is 525 g/mol. The molecule has 0 saturated heterocycles. The SMILES string of the molecule is O=C(NC(Cl)Cc1ccc(Cl)cc1)c1ccc(Oc2cc3c(cc2C2CC2)C(C(=O)O)CCO3)cc1. The molecule has 8 heteroatoms. The highest BCUT2D eigenvalue weighted by Crippen LogP contribution is 2.49. The van der Waals surface area contributed by atoms with Gasteiger partial charge in [0.15, 0.2) is 0 Å². The lowest BCUT2D eigenvalue weighted by atomic mass is 9.90. The molecular formula is C28H25Cl2NO5. The second kappa shape index (κ2) is 10.4. The molecule has 1 aliphatic heterocycles. The number of carbonyl (C=O) groups excluding carboxylic acids is 1. The fourth-order valence-electron chi connectivity index (χ4n) is 4.40. The molecule has 0 spiro atoms. The standard InChI is InChI=1S/C28H25Cl2NO5/c29-19-7-1-16(2-8-19)13-26(30)31-27(32)18-5-9-20(10-6-18)36-25-15-24-23(14-22(25)17-3-4-17)21(28(33)34)11-12-35-24/h1-2,5-10,14-15,17,21,26H,3-4,11-13H2,(H,31,32)(H,33,34). The molecule has 5 rings (SSSR count). The maximum atomic E-state index is 12.6. The first-order valence-corrected chi connectivity index (χ1v) is 12.7. The van der Waals surface area contributed by atoms with Crippen LogP contribution in [0.25, 0.3) is 0 Å². The van der Waals surface area contributed by atoms with E-state index in [0.29, 0.717) is 58.8 Å². The minimum Gasteiger partial charge on any atom is -0.493 e. The average molecular weight is 526 g/mol. The summed E-state index contributed by atoms with van der Waals surface area (Å²) in [4.78, 5) is 24.4. The Hall–Kier alpha value is -3.22. The maximum Gasteiger partial charge on any atom is 0.311 e. The zero-order chi connectivity index (χ0) is 25.2. The lowest BCUT2D eigenvalue weighted by molar-refractivity contribution is -0.139. The number of ether oxygens (including phenoxy) is 2. The Balaban J connectivity index is 1.27. The molecule has 1 amide bonds. The van der Waals surface area contributed by atoms with Gasteiger partial charge in [0, 0.05) is 28.6 Å². The number of fused-ring (bicyclic) bond motifs is 1. The van der Waals surface area contributed by atoms with E-state index in [0.717, 1.165) is 24.0 Å². The first-order chi connectivity index (χ1) is 17.4. The summed E-state index contributed by atoms with van der Waals surface area (Å²) in [5.41, 5.74) is 2.58. The van der Waals surface area contributed by atoms with Gasteiger partial charge in [0.05, 0.1) is 12.5 Å². The van der Waals surface area contributed by atoms with Crippen molar-refractivity contribution in [1.82, 2.24) is 5.32 Å². The van der Waals surface area contributed by atoms with Crippen molar-refractivity contribution >= 4 is 35.1 Å². The number of carboxylic acids is 1. The molecule has 2 aliphatic rings. The molecule has 6 nitrogen and oxygen atoms in total. The maximum absolute atomic E-state index is 12.6. The molecule has 36 heavy (non-hydrogen) atoms. The molecule has 2 N–H and O–H groups in total. The minimum atomic E-state index is -0.837. The summed E-state index contributed by atoms with van der Waals surface area (Å²) in [6.07, 6.45) is 3.02. The highest BCUT2D eigenvalue weighted by molar-refractivity contribution is 6.30. The number of carboxylic acid groups (broad SMARTS) is 1. The van der Waals surface area contributed by atoms with Crippen LogP contribution in [-0.2, 0) is 11.2 Å². The van der Waals surface area contributed by atoms with Gasteiger partial charge in [0.25, 0.3) is 5.91 Å². The summed E-state index contributed by atoms with van der Waals surface area (Å²) in [6, 6.07) is 17.9. The normalized spacial score (nSPS) is 17.4. The van der Waals surface area contributed by atoms with E-state index in [1.54, 1.807) is 42.5 Å². The van der Waals surface area contributed by atoms with Crippen LogP contribution in [0, 0.1) is 0 Å². The summed E-state index contributed by atoms with van der Waals surface area (Å²) in [7, 11) is 0. The summed E-state index contributed by atoms with van der Waals surface area (Å²) in [5.74, 6) is 0.451. The van der Waals surface area contributed by atoms with Crippen molar-refractivity contribution in [2.45, 2.75) is 43.0 Å². The number of amides is 1. The third kappa shape index (κ3) is 5.61. The smallest absolute Gasteiger partial charge is 0.311 e. The molecule has 2 atom stereocenters. The molecule has 1 saturated carbocycles. The van der Waals surface area contributed by atoms with Gasteiger partial charge in [-0.05, 0) is 78.8 Å². The molecule has 0 bridgehead atoms. The van der Waals surface area contributed by atoms with Gasteiger partial charge in [0.2, 0.25) is 0 Å². The van der Waals surface area contributed by atoms with Crippen molar-refractivity contribution in [2.24, 2.45) is 0 Å². The van der Waals surface area contributed by atoms with E-state index in [4.69, 9.17) is 32.7 Å². The van der Waals surface area contributed by atoms with E-state index >= 15 is 0 Å². The van der Waals surface area contributed by atoms with Gasteiger partial charge >= 0.3 is 5.97 Å². The fourth-order valence-corrected chi connectivity index (χ4v) is 4.80. The molecule has 2 unspecified atom stereocenters. The van der Waals surface area contributed by atoms with Gasteiger partial charge < -0.3 is 19.9 Å². The number of hydrogen-bond acceptors (Lipinski definition) is 4. The van der Waals surface area contributed by atoms with E-state index in [-0.39, 0.29) is 5.91 Å². The first kappa shape index (κ1) is 24.5. The van der Waals surface area contributed by atoms with Crippen LogP contribution in [0.4, 0.5) is 0 Å². The molecule has 3 aromatic carbocycles. The highest BCUT2D eigenvalue weighted by Gasteiger charge is 2.33. The molecule has 3 aromatic rings. The largest absolute Gasteiger partial charge is 0.493 e. The van der Waals surface area contributed by atoms with Crippen LogP contribution in [0.5, 0.6) is 17.2 Å². The van der Waals surface area contributed by atoms with Gasteiger partial charge in [-0.15, -0.1) is 0 Å². The van der Waals surface area contributed by atoms with Crippen LogP contribution in [0.15, 0.2) is 60.7 Å². The van der Waals surface area contributed by atoms with Crippen molar-refractivity contribution in [2.75, 3.05) is 6.61 Å². The lowest BCUT2D eigenvalue weighted by Crippen LogP contribution is -2.32. The molecule has 0 radical (unpaired) electrons. The number of aliphatic carboxylic acids is 1. The number of nitrogens with one attached hydrogen (secondary N) is 1. The van der Waals surface area contributed by atoms with E-state index in [1.807, 2.05) is 18.2 Å². The molecular weight excluding hydrogens is 501 g/mol. The van der Waals surface area contributed by atoms with Crippen LogP contribution >= 0.6 is 23.2 Å². The van der Waals surface area contributed by atoms with Gasteiger partial charge in [-0.3, -0.25) is 9.59 Å². The highest BCUT2D eigenvalue weighted by atomic mass is 35.5. The zero-order valence-electron chi connectivity index (χ0n) is 19.4. The summed E-state index contributed by atoms with van der Waals surface area (Å²) in [5, 5.41) is 13.1. The van der Waals surface area contributed by atoms with Crippen molar-refractivity contribution < 1.29 is 24.2 Å². The third-order valence-electron chi connectivity index (χ3n) is 6.46. The number of carbonyl (C=O) groups is 2. The predicted molar refractivity (Wildman–Crippen MR) is 138 cm³/mol. The van der Waals surface area contributed by atoms with Crippen LogP contribution in [-0.4, -0.2) is 29.1 Å². The Bertz CT molecular complexity index is 1270. The molecule has 186 valence electrons. The number of hydrogen-bond donors (Lipinski definition) is 2. The van der Waals surface area contributed by atoms with Crippen molar-refractivity contribution in [3.63, 3.8) is 0 Å². The Morgan fingerprint density at radius 1 is 1.03 bits per heavy atom. The van der Waals surface area contributed by atoms with Crippen molar-refractivity contribution in [1.29, 1.82) is 0 Å². The van der Waals surface area contributed by atoms with E-state index in [1.165, 1.54) is 0 Å². The van der Waals surface area contributed by atoms with Crippen LogP contribution in [0.3, 0.4) is 0 Å². The summed E-state index contributed by atoms with van der Waals surface area (Å²) < 4.78 is 11.9. The Kier molecular flexibility index (Phi) is 7.08. The van der Waals surface area contributed by atoms with Crippen molar-refractivity contribution in [3.05, 3.63) is 87.9 Å². The van der Waals surface area contributed by atoms with Crippen molar-refractivity contribution in [3.8, 4) is 17.2 Å². The quantitative estimate of drug-likeness (QED) is 0.259. The number of rotatable bonds is 8. The topological polar surface area (TPSA) is 84.9 Å². The van der Waals surface area contributed by atoms with Gasteiger partial charge in [0.1, 0.15) is 22.7 Å². The zero-order valence-corrected chi connectivity index (χ0v) is 20.9. The molecule has 1 aliphatic carbocycles. The Morgan fingerprint density at radius 2 is 1.75 bits per heavy atom. The lowest BCUT2D eigenvalue weighted by Gasteiger charge is -2.25. The van der Waals surface area contributed by atoms with E-state index < -0.39 is 17.4 Å².